The van der Waals surface area contributed by atoms with Gasteiger partial charge in [-0.1, -0.05) is 48.5 Å². The van der Waals surface area contributed by atoms with Gasteiger partial charge >= 0.3 is 0 Å². The van der Waals surface area contributed by atoms with Gasteiger partial charge in [0.25, 0.3) is 6.43 Å². The van der Waals surface area contributed by atoms with Crippen molar-refractivity contribution in [1.82, 2.24) is 3.97 Å². The Balaban J connectivity index is 1.87. The first-order chi connectivity index (χ1) is 17.5. The molecule has 0 spiro atoms. The van der Waals surface area contributed by atoms with Crippen LogP contribution in [0.1, 0.15) is 23.1 Å². The van der Waals surface area contributed by atoms with Gasteiger partial charge < -0.3 is 0 Å². The first kappa shape index (κ1) is 23.3. The van der Waals surface area contributed by atoms with Crippen molar-refractivity contribution in [1.29, 1.82) is 10.5 Å². The summed E-state index contributed by atoms with van der Waals surface area (Å²) in [5.74, 6) is -0.459. The van der Waals surface area contributed by atoms with Gasteiger partial charge in [-0.05, 0) is 60.0 Å². The Bertz CT molecular complexity index is 1630. The molecule has 0 saturated heterocycles. The normalized spacial score (nSPS) is 10.9. The number of rotatable bonds is 5. The minimum atomic E-state index is -2.57. The van der Waals surface area contributed by atoms with Crippen LogP contribution in [-0.4, -0.2) is 3.97 Å². The summed E-state index contributed by atoms with van der Waals surface area (Å²) in [5.41, 5.74) is 3.59. The molecule has 4 aromatic carbocycles. The van der Waals surface area contributed by atoms with E-state index in [-0.39, 0.29) is 5.56 Å². The highest BCUT2D eigenvalue weighted by Crippen LogP contribution is 2.46. The molecule has 5 aromatic rings. The molecular formula is C29H16F3N3S. The molecule has 36 heavy (non-hydrogen) atoms. The van der Waals surface area contributed by atoms with E-state index in [4.69, 9.17) is 0 Å². The second kappa shape index (κ2) is 9.65. The van der Waals surface area contributed by atoms with E-state index in [0.29, 0.717) is 43.7 Å². The predicted molar refractivity (Wildman–Crippen MR) is 135 cm³/mol. The molecule has 1 heterocycles. The lowest BCUT2D eigenvalue weighted by atomic mass is 9.91. The van der Waals surface area contributed by atoms with Crippen molar-refractivity contribution in [2.75, 3.05) is 0 Å². The molecule has 174 valence electrons. The summed E-state index contributed by atoms with van der Waals surface area (Å²) in [6.45, 7) is 0. The second-order valence-electron chi connectivity index (χ2n) is 7.96. The lowest BCUT2D eigenvalue weighted by Gasteiger charge is -2.14. The van der Waals surface area contributed by atoms with Gasteiger partial charge in [-0.25, -0.2) is 13.2 Å². The standard InChI is InChI=1S/C29H16F3N3S/c30-22-11-14-25-24(15-22)27(26-20(16-33)7-4-8-21(26)17-34)28(18-5-2-1-3-6-18)35(25)36-23-12-9-19(10-13-23)29(31)32/h1-15,29H. The summed E-state index contributed by atoms with van der Waals surface area (Å²) in [6, 6.07) is 29.0. The maximum Gasteiger partial charge on any atom is 0.263 e. The molecule has 0 aliphatic rings. The third-order valence-electron chi connectivity index (χ3n) is 5.82. The summed E-state index contributed by atoms with van der Waals surface area (Å²) in [7, 11) is 0. The molecule has 5 rings (SSSR count). The van der Waals surface area contributed by atoms with Crippen LogP contribution in [0, 0.1) is 28.5 Å². The van der Waals surface area contributed by atoms with E-state index in [0.717, 1.165) is 5.56 Å². The van der Waals surface area contributed by atoms with Crippen molar-refractivity contribution < 1.29 is 13.2 Å². The first-order valence-corrected chi connectivity index (χ1v) is 11.7. The molecule has 0 bridgehead atoms. The van der Waals surface area contributed by atoms with E-state index in [1.54, 1.807) is 36.4 Å². The summed E-state index contributed by atoms with van der Waals surface area (Å²) in [6.07, 6.45) is -2.57. The van der Waals surface area contributed by atoms with Crippen molar-refractivity contribution in [3.63, 3.8) is 0 Å². The van der Waals surface area contributed by atoms with Gasteiger partial charge in [-0.3, -0.25) is 3.97 Å². The second-order valence-corrected chi connectivity index (χ2v) is 8.98. The summed E-state index contributed by atoms with van der Waals surface area (Å²) >= 11 is 1.29. The summed E-state index contributed by atoms with van der Waals surface area (Å²) < 4.78 is 42.6. The highest BCUT2D eigenvalue weighted by atomic mass is 32.2. The van der Waals surface area contributed by atoms with Crippen LogP contribution >= 0.6 is 11.9 Å². The van der Waals surface area contributed by atoms with Crippen LogP contribution in [0.4, 0.5) is 13.2 Å². The van der Waals surface area contributed by atoms with E-state index in [9.17, 15) is 23.7 Å². The largest absolute Gasteiger partial charge is 0.279 e. The van der Waals surface area contributed by atoms with Gasteiger partial charge in [0, 0.05) is 27.0 Å². The Morgan fingerprint density at radius 1 is 0.750 bits per heavy atom. The zero-order chi connectivity index (χ0) is 25.2. The first-order valence-electron chi connectivity index (χ1n) is 10.9. The van der Waals surface area contributed by atoms with Crippen molar-refractivity contribution in [3.05, 3.63) is 114 Å². The van der Waals surface area contributed by atoms with Gasteiger partial charge in [-0.2, -0.15) is 10.5 Å². The molecule has 0 unspecified atom stereocenters. The summed E-state index contributed by atoms with van der Waals surface area (Å²) in [5, 5.41) is 20.3. The number of halogens is 3. The van der Waals surface area contributed by atoms with Gasteiger partial charge in [0.15, 0.2) is 0 Å². The van der Waals surface area contributed by atoms with E-state index in [1.807, 2.05) is 34.3 Å². The van der Waals surface area contributed by atoms with E-state index < -0.39 is 12.2 Å². The maximum atomic E-state index is 14.6. The lowest BCUT2D eigenvalue weighted by molar-refractivity contribution is 0.151. The Morgan fingerprint density at radius 3 is 2.03 bits per heavy atom. The van der Waals surface area contributed by atoms with Gasteiger partial charge in [0.05, 0.1) is 34.5 Å². The molecular weight excluding hydrogens is 479 g/mol. The molecule has 0 aliphatic heterocycles. The highest BCUT2D eigenvalue weighted by molar-refractivity contribution is 7.98. The van der Waals surface area contributed by atoms with Crippen LogP contribution in [0.3, 0.4) is 0 Å². The quantitative estimate of drug-likeness (QED) is 0.246. The minimum Gasteiger partial charge on any atom is -0.279 e. The molecule has 0 atom stereocenters. The third kappa shape index (κ3) is 4.11. The SMILES string of the molecule is N#Cc1cccc(C#N)c1-c1c(-c2ccccc2)n(Sc2ccc(C(F)F)cc2)c2ccc(F)cc12. The topological polar surface area (TPSA) is 52.5 Å². The Kier molecular flexibility index (Phi) is 6.25. The zero-order valence-corrected chi connectivity index (χ0v) is 19.4. The van der Waals surface area contributed by atoms with E-state index in [1.165, 1.54) is 36.2 Å². The highest BCUT2D eigenvalue weighted by Gasteiger charge is 2.25. The molecule has 1 aromatic heterocycles. The van der Waals surface area contributed by atoms with Crippen molar-refractivity contribution >= 4 is 22.9 Å². The van der Waals surface area contributed by atoms with Crippen LogP contribution in [0.15, 0.2) is 95.9 Å². The molecule has 0 amide bonds. The average Bonchev–Trinajstić information content (AvgIpc) is 3.21. The molecule has 0 fully saturated rings. The summed E-state index contributed by atoms with van der Waals surface area (Å²) in [4.78, 5) is 0.693. The number of alkyl halides is 2. The Morgan fingerprint density at radius 2 is 1.42 bits per heavy atom. The Hall–Kier alpha value is -4.46. The number of nitrogens with zero attached hydrogens (tertiary/aromatic N) is 3. The fourth-order valence-electron chi connectivity index (χ4n) is 4.23. The van der Waals surface area contributed by atoms with Crippen LogP contribution in [0.25, 0.3) is 33.3 Å². The third-order valence-corrected chi connectivity index (χ3v) is 6.86. The van der Waals surface area contributed by atoms with Gasteiger partial charge in [-0.15, -0.1) is 0 Å². The molecule has 0 radical (unpaired) electrons. The van der Waals surface area contributed by atoms with Crippen LogP contribution in [0.2, 0.25) is 0 Å². The molecule has 0 saturated carbocycles. The van der Waals surface area contributed by atoms with Gasteiger partial charge in [0.2, 0.25) is 0 Å². The number of aromatic nitrogens is 1. The van der Waals surface area contributed by atoms with Gasteiger partial charge in [0.1, 0.15) is 5.82 Å². The van der Waals surface area contributed by atoms with E-state index in [2.05, 4.69) is 12.1 Å². The number of hydrogen-bond acceptors (Lipinski definition) is 3. The smallest absolute Gasteiger partial charge is 0.263 e. The average molecular weight is 496 g/mol. The lowest BCUT2D eigenvalue weighted by Crippen LogP contribution is -1.95. The maximum absolute atomic E-state index is 14.6. The fourth-order valence-corrected chi connectivity index (χ4v) is 5.24. The molecule has 0 N–H and O–H groups in total. The van der Waals surface area contributed by atoms with Crippen LogP contribution < -0.4 is 0 Å². The fraction of sp³-hybridized carbons (Fsp3) is 0.0345. The molecule has 0 aliphatic carbocycles. The van der Waals surface area contributed by atoms with Crippen molar-refractivity contribution in [2.24, 2.45) is 0 Å². The van der Waals surface area contributed by atoms with E-state index >= 15 is 0 Å². The van der Waals surface area contributed by atoms with Crippen LogP contribution in [-0.2, 0) is 0 Å². The zero-order valence-electron chi connectivity index (χ0n) is 18.6. The number of nitriles is 2. The number of fused-ring (bicyclic) bond motifs is 1. The van der Waals surface area contributed by atoms with Crippen molar-refractivity contribution in [3.8, 4) is 34.5 Å². The van der Waals surface area contributed by atoms with Crippen molar-refractivity contribution in [2.45, 2.75) is 11.3 Å². The minimum absolute atomic E-state index is 0.0793. The molecule has 3 nitrogen and oxygen atoms in total. The monoisotopic (exact) mass is 495 g/mol. The molecule has 7 heteroatoms. The number of hydrogen-bond donors (Lipinski definition) is 0. The Labute approximate surface area is 209 Å². The predicted octanol–water partition coefficient (Wildman–Crippen LogP) is 8.35. The number of benzene rings is 4. The van der Waals surface area contributed by atoms with Crippen LogP contribution in [0.5, 0.6) is 0 Å².